The molecule has 0 saturated carbocycles. The first-order valence-corrected chi connectivity index (χ1v) is 7.89. The second-order valence-corrected chi connectivity index (χ2v) is 5.46. The molecule has 1 unspecified atom stereocenters. The van der Waals surface area contributed by atoms with Gasteiger partial charge in [0.1, 0.15) is 0 Å². The molecule has 0 radical (unpaired) electrons. The Bertz CT molecular complexity index is 422. The third-order valence-corrected chi connectivity index (χ3v) is 3.43. The zero-order valence-electron chi connectivity index (χ0n) is 14.3. The molecule has 0 bridgehead atoms. The minimum Gasteiger partial charge on any atom is -0.383 e. The van der Waals surface area contributed by atoms with E-state index in [-0.39, 0.29) is 6.04 Å². The number of nitrogens with one attached hydrogen (secondary N) is 2. The summed E-state index contributed by atoms with van der Waals surface area (Å²) in [7, 11) is 5.63. The molecular formula is C17H30N4O. The summed E-state index contributed by atoms with van der Waals surface area (Å²) in [5.41, 5.74) is 1.27. The quantitative estimate of drug-likeness (QED) is 0.417. The van der Waals surface area contributed by atoms with Gasteiger partial charge in [0.15, 0.2) is 5.96 Å². The van der Waals surface area contributed by atoms with Crippen LogP contribution >= 0.6 is 0 Å². The molecule has 0 aliphatic rings. The SMILES string of the molecule is CN=C(NCCCCN(C)c1ccccc1)NC(C)COC. The van der Waals surface area contributed by atoms with Crippen molar-refractivity contribution in [1.82, 2.24) is 10.6 Å². The smallest absolute Gasteiger partial charge is 0.191 e. The molecule has 0 spiro atoms. The maximum absolute atomic E-state index is 5.11. The van der Waals surface area contributed by atoms with E-state index in [4.69, 9.17) is 4.74 Å². The lowest BCUT2D eigenvalue weighted by atomic mass is 10.2. The maximum Gasteiger partial charge on any atom is 0.191 e. The van der Waals surface area contributed by atoms with Crippen LogP contribution in [0.5, 0.6) is 0 Å². The van der Waals surface area contributed by atoms with Crippen molar-refractivity contribution >= 4 is 11.6 Å². The first-order valence-electron chi connectivity index (χ1n) is 7.89. The molecule has 0 aliphatic heterocycles. The summed E-state index contributed by atoms with van der Waals surface area (Å²) < 4.78 is 5.11. The van der Waals surface area contributed by atoms with E-state index in [2.05, 4.69) is 58.8 Å². The Kier molecular flexibility index (Phi) is 9.07. The topological polar surface area (TPSA) is 48.9 Å². The summed E-state index contributed by atoms with van der Waals surface area (Å²) in [6.07, 6.45) is 2.25. The largest absolute Gasteiger partial charge is 0.383 e. The first-order chi connectivity index (χ1) is 10.7. The van der Waals surface area contributed by atoms with Crippen molar-refractivity contribution in [3.8, 4) is 0 Å². The van der Waals surface area contributed by atoms with E-state index in [1.54, 1.807) is 14.2 Å². The average molecular weight is 306 g/mol. The van der Waals surface area contributed by atoms with E-state index in [1.807, 2.05) is 6.07 Å². The predicted octanol–water partition coefficient (Wildman–Crippen LogP) is 2.10. The maximum atomic E-state index is 5.11. The zero-order chi connectivity index (χ0) is 16.2. The molecule has 5 heteroatoms. The third-order valence-electron chi connectivity index (χ3n) is 3.43. The molecule has 124 valence electrons. The van der Waals surface area contributed by atoms with Crippen molar-refractivity contribution in [1.29, 1.82) is 0 Å². The normalized spacial score (nSPS) is 12.8. The summed E-state index contributed by atoms with van der Waals surface area (Å²) >= 11 is 0. The van der Waals surface area contributed by atoms with E-state index in [0.717, 1.165) is 31.9 Å². The number of rotatable bonds is 9. The number of ether oxygens (including phenoxy) is 1. The molecular weight excluding hydrogens is 276 g/mol. The summed E-state index contributed by atoms with van der Waals surface area (Å²) in [5.74, 6) is 0.834. The molecule has 0 fully saturated rings. The lowest BCUT2D eigenvalue weighted by Crippen LogP contribution is -2.44. The van der Waals surface area contributed by atoms with Crippen LogP contribution < -0.4 is 15.5 Å². The molecule has 22 heavy (non-hydrogen) atoms. The van der Waals surface area contributed by atoms with Gasteiger partial charge in [0, 0.05) is 46.0 Å². The van der Waals surface area contributed by atoms with Crippen molar-refractivity contribution < 1.29 is 4.74 Å². The van der Waals surface area contributed by atoms with E-state index in [1.165, 1.54) is 5.69 Å². The predicted molar refractivity (Wildman–Crippen MR) is 94.8 cm³/mol. The fraction of sp³-hybridized carbons (Fsp3) is 0.588. The molecule has 0 aliphatic carbocycles. The zero-order valence-corrected chi connectivity index (χ0v) is 14.3. The van der Waals surface area contributed by atoms with Gasteiger partial charge in [-0.05, 0) is 31.9 Å². The van der Waals surface area contributed by atoms with Gasteiger partial charge >= 0.3 is 0 Å². The molecule has 5 nitrogen and oxygen atoms in total. The second kappa shape index (κ2) is 10.9. The number of unbranched alkanes of at least 4 members (excludes halogenated alkanes) is 1. The number of anilines is 1. The van der Waals surface area contributed by atoms with Gasteiger partial charge in [-0.3, -0.25) is 4.99 Å². The van der Waals surface area contributed by atoms with E-state index in [0.29, 0.717) is 6.61 Å². The van der Waals surface area contributed by atoms with Gasteiger partial charge in [-0.25, -0.2) is 0 Å². The minimum atomic E-state index is 0.250. The highest BCUT2D eigenvalue weighted by Gasteiger charge is 2.04. The fourth-order valence-corrected chi connectivity index (χ4v) is 2.21. The number of para-hydroxylation sites is 1. The molecule has 0 amide bonds. The number of methoxy groups -OCH3 is 1. The Labute approximate surface area is 134 Å². The first kappa shape index (κ1) is 18.3. The Balaban J connectivity index is 2.16. The third kappa shape index (κ3) is 7.31. The molecule has 1 rings (SSSR count). The average Bonchev–Trinajstić information content (AvgIpc) is 2.54. The van der Waals surface area contributed by atoms with Gasteiger partial charge in [-0.1, -0.05) is 18.2 Å². The molecule has 1 atom stereocenters. The van der Waals surface area contributed by atoms with Gasteiger partial charge in [-0.2, -0.15) is 0 Å². The Morgan fingerprint density at radius 2 is 2.00 bits per heavy atom. The van der Waals surface area contributed by atoms with Crippen molar-refractivity contribution in [2.45, 2.75) is 25.8 Å². The highest BCUT2D eigenvalue weighted by atomic mass is 16.5. The Morgan fingerprint density at radius 1 is 1.27 bits per heavy atom. The Morgan fingerprint density at radius 3 is 2.64 bits per heavy atom. The lowest BCUT2D eigenvalue weighted by molar-refractivity contribution is 0.179. The second-order valence-electron chi connectivity index (χ2n) is 5.46. The number of hydrogen-bond donors (Lipinski definition) is 2. The van der Waals surface area contributed by atoms with Crippen molar-refractivity contribution in [3.63, 3.8) is 0 Å². The van der Waals surface area contributed by atoms with Gasteiger partial charge in [0.05, 0.1) is 6.61 Å². The van der Waals surface area contributed by atoms with Crippen molar-refractivity contribution in [2.24, 2.45) is 4.99 Å². The van der Waals surface area contributed by atoms with Crippen LogP contribution in [0.2, 0.25) is 0 Å². The lowest BCUT2D eigenvalue weighted by Gasteiger charge is -2.20. The minimum absolute atomic E-state index is 0.250. The van der Waals surface area contributed by atoms with Crippen molar-refractivity contribution in [3.05, 3.63) is 30.3 Å². The summed E-state index contributed by atoms with van der Waals surface area (Å²) in [4.78, 5) is 6.50. The summed E-state index contributed by atoms with van der Waals surface area (Å²) in [5, 5.41) is 6.63. The van der Waals surface area contributed by atoms with Crippen molar-refractivity contribution in [2.75, 3.05) is 45.8 Å². The van der Waals surface area contributed by atoms with Gasteiger partial charge < -0.3 is 20.3 Å². The van der Waals surface area contributed by atoms with Crippen LogP contribution in [-0.2, 0) is 4.74 Å². The van der Waals surface area contributed by atoms with E-state index >= 15 is 0 Å². The van der Waals surface area contributed by atoms with E-state index in [9.17, 15) is 0 Å². The molecule has 1 aromatic rings. The van der Waals surface area contributed by atoms with Crippen LogP contribution in [0.4, 0.5) is 5.69 Å². The highest BCUT2D eigenvalue weighted by Crippen LogP contribution is 2.11. The summed E-state index contributed by atoms with van der Waals surface area (Å²) in [6, 6.07) is 10.7. The molecule has 0 aromatic heterocycles. The molecule has 2 N–H and O–H groups in total. The van der Waals surface area contributed by atoms with Crippen LogP contribution in [0.3, 0.4) is 0 Å². The Hall–Kier alpha value is -1.75. The number of guanidine groups is 1. The monoisotopic (exact) mass is 306 g/mol. The number of hydrogen-bond acceptors (Lipinski definition) is 3. The summed E-state index contributed by atoms with van der Waals surface area (Å²) in [6.45, 7) is 4.72. The fourth-order valence-electron chi connectivity index (χ4n) is 2.21. The molecule has 0 heterocycles. The molecule has 1 aromatic carbocycles. The van der Waals surface area contributed by atoms with Gasteiger partial charge in [0.2, 0.25) is 0 Å². The number of nitrogens with zero attached hydrogens (tertiary/aromatic N) is 2. The van der Waals surface area contributed by atoms with Crippen LogP contribution in [-0.4, -0.2) is 52.9 Å². The van der Waals surface area contributed by atoms with Gasteiger partial charge in [0.25, 0.3) is 0 Å². The van der Waals surface area contributed by atoms with E-state index < -0.39 is 0 Å². The molecule has 0 saturated heterocycles. The standard InChI is InChI=1S/C17H30N4O/c1-15(14-22-4)20-17(18-2)19-12-8-9-13-21(3)16-10-6-5-7-11-16/h5-7,10-11,15H,8-9,12-14H2,1-4H3,(H2,18,19,20). The van der Waals surface area contributed by atoms with Crippen LogP contribution in [0.1, 0.15) is 19.8 Å². The van der Waals surface area contributed by atoms with Crippen LogP contribution in [0.15, 0.2) is 35.3 Å². The number of benzene rings is 1. The van der Waals surface area contributed by atoms with Crippen LogP contribution in [0.25, 0.3) is 0 Å². The van der Waals surface area contributed by atoms with Gasteiger partial charge in [-0.15, -0.1) is 0 Å². The van der Waals surface area contributed by atoms with Crippen LogP contribution in [0, 0.1) is 0 Å². The highest BCUT2D eigenvalue weighted by molar-refractivity contribution is 5.79. The number of aliphatic imine (C=N–C) groups is 1.